The lowest BCUT2D eigenvalue weighted by molar-refractivity contribution is -0.132. The lowest BCUT2D eigenvalue weighted by atomic mass is 10.0. The Hall–Kier alpha value is -3.02. The van der Waals surface area contributed by atoms with Crippen molar-refractivity contribution < 1.29 is 38.2 Å². The Bertz CT molecular complexity index is 995. The van der Waals surface area contributed by atoms with E-state index in [4.69, 9.17) is 19.9 Å². The number of halogens is 1. The summed E-state index contributed by atoms with van der Waals surface area (Å²) in [7, 11) is 0. The molecule has 0 aliphatic rings. The summed E-state index contributed by atoms with van der Waals surface area (Å²) in [5.41, 5.74) is 6.54. The second kappa shape index (κ2) is 21.6. The molecule has 1 aromatic carbocycles. The van der Waals surface area contributed by atoms with Crippen molar-refractivity contribution in [3.63, 3.8) is 0 Å². The molecule has 1 rings (SSSR count). The van der Waals surface area contributed by atoms with Gasteiger partial charge in [-0.1, -0.05) is 48.6 Å². The summed E-state index contributed by atoms with van der Waals surface area (Å²) >= 11 is 1.98. The number of alkyl carbamates (subject to hydrolysis) is 1. The van der Waals surface area contributed by atoms with E-state index in [1.165, 1.54) is 0 Å². The molecule has 0 saturated carbocycles. The Kier molecular flexibility index (Phi) is 19.1. The van der Waals surface area contributed by atoms with Crippen LogP contribution in [-0.4, -0.2) is 92.3 Å². The Morgan fingerprint density at radius 2 is 1.50 bits per heavy atom. The number of hydrogen-bond acceptors (Lipinski definition) is 9. The second-order valence-electron chi connectivity index (χ2n) is 9.46. The molecule has 0 aromatic heterocycles. The predicted octanol–water partition coefficient (Wildman–Crippen LogP) is 0.430. The summed E-state index contributed by atoms with van der Waals surface area (Å²) in [5.74, 6) is -1.55. The van der Waals surface area contributed by atoms with Gasteiger partial charge in [0.05, 0.1) is 30.9 Å². The van der Waals surface area contributed by atoms with E-state index in [9.17, 15) is 24.0 Å². The first-order chi connectivity index (χ1) is 20.1. The zero-order valence-electron chi connectivity index (χ0n) is 24.3. The summed E-state index contributed by atoms with van der Waals surface area (Å²) in [5, 5.41) is 13.3. The fourth-order valence-corrected chi connectivity index (χ4v) is 3.52. The fraction of sp³-hybridized carbons (Fsp3) is 0.593. The maximum atomic E-state index is 12.9. The number of anilines is 1. The Morgan fingerprint density at radius 1 is 0.833 bits per heavy atom. The van der Waals surface area contributed by atoms with Crippen LogP contribution in [0.2, 0.25) is 0 Å². The zero-order chi connectivity index (χ0) is 31.3. The standard InChI is InChI=1S/C27H43IN6O8/c1-18(2)24(34-22(35)8-12-40-14-15-41-13-11-30-23(36)16-28)26(38)32-19(3)25(37)33-21-6-4-20(5-7-21)17-42-27(39)31-10-9-29/h4-7,18-19,24H,8-17,29H2,1-3H3,(H,30,36)(H,31,39)(H,32,38)(H,33,37)(H,34,35). The molecule has 0 spiro atoms. The minimum absolute atomic E-state index is 0.0509. The van der Waals surface area contributed by atoms with Crippen molar-refractivity contribution in [2.24, 2.45) is 11.7 Å². The van der Waals surface area contributed by atoms with Crippen LogP contribution in [0.4, 0.5) is 10.5 Å². The van der Waals surface area contributed by atoms with Gasteiger partial charge in [0.25, 0.3) is 0 Å². The van der Waals surface area contributed by atoms with E-state index in [0.29, 0.717) is 43.0 Å². The third-order valence-corrected chi connectivity index (χ3v) is 6.25. The maximum Gasteiger partial charge on any atom is 0.407 e. The lowest BCUT2D eigenvalue weighted by Crippen LogP contribution is -2.53. The Morgan fingerprint density at radius 3 is 2.12 bits per heavy atom. The van der Waals surface area contributed by atoms with Crippen molar-refractivity contribution in [1.82, 2.24) is 21.3 Å². The van der Waals surface area contributed by atoms with Crippen LogP contribution in [0.1, 0.15) is 32.8 Å². The van der Waals surface area contributed by atoms with Gasteiger partial charge in [0.15, 0.2) is 0 Å². The fourth-order valence-electron chi connectivity index (χ4n) is 3.25. The van der Waals surface area contributed by atoms with Crippen LogP contribution in [-0.2, 0) is 40.0 Å². The van der Waals surface area contributed by atoms with Gasteiger partial charge in [-0.3, -0.25) is 19.2 Å². The number of ether oxygens (including phenoxy) is 3. The van der Waals surface area contributed by atoms with E-state index in [2.05, 4.69) is 26.6 Å². The number of carbonyl (C=O) groups excluding carboxylic acids is 5. The van der Waals surface area contributed by atoms with Gasteiger partial charge in [-0.25, -0.2) is 4.79 Å². The van der Waals surface area contributed by atoms with Crippen molar-refractivity contribution >= 4 is 58.0 Å². The zero-order valence-corrected chi connectivity index (χ0v) is 26.5. The normalized spacial score (nSPS) is 12.1. The number of carbonyl (C=O) groups is 5. The van der Waals surface area contributed by atoms with Crippen LogP contribution in [0.5, 0.6) is 0 Å². The van der Waals surface area contributed by atoms with Crippen LogP contribution < -0.4 is 32.3 Å². The molecule has 2 unspecified atom stereocenters. The van der Waals surface area contributed by atoms with Crippen molar-refractivity contribution in [2.75, 3.05) is 55.8 Å². The Labute approximate surface area is 260 Å². The predicted molar refractivity (Wildman–Crippen MR) is 165 cm³/mol. The van der Waals surface area contributed by atoms with Crippen molar-refractivity contribution in [3.8, 4) is 0 Å². The Balaban J connectivity index is 2.38. The first-order valence-corrected chi connectivity index (χ1v) is 15.2. The van der Waals surface area contributed by atoms with Crippen molar-refractivity contribution in [3.05, 3.63) is 29.8 Å². The molecule has 0 saturated heterocycles. The minimum atomic E-state index is -0.872. The molecule has 0 radical (unpaired) electrons. The molecule has 5 amide bonds. The molecule has 0 heterocycles. The van der Waals surface area contributed by atoms with Crippen LogP contribution in [0.25, 0.3) is 0 Å². The number of nitrogens with two attached hydrogens (primary N) is 1. The van der Waals surface area contributed by atoms with Gasteiger partial charge in [0, 0.05) is 31.7 Å². The number of rotatable bonds is 20. The number of nitrogens with one attached hydrogen (secondary N) is 5. The van der Waals surface area contributed by atoms with Gasteiger partial charge in [0.1, 0.15) is 18.7 Å². The second-order valence-corrected chi connectivity index (χ2v) is 10.2. The van der Waals surface area contributed by atoms with Gasteiger partial charge in [-0.15, -0.1) is 0 Å². The highest BCUT2D eigenvalue weighted by Gasteiger charge is 2.27. The SMILES string of the molecule is CC(NC(=O)C(NC(=O)CCOCCOCCNC(=O)CI)C(C)C)C(=O)Nc1ccc(COC(=O)NCCN)cc1. The van der Waals surface area contributed by atoms with E-state index in [0.717, 1.165) is 5.56 Å². The van der Waals surface area contributed by atoms with Crippen LogP contribution >= 0.6 is 22.6 Å². The van der Waals surface area contributed by atoms with Crippen molar-refractivity contribution in [1.29, 1.82) is 0 Å². The minimum Gasteiger partial charge on any atom is -0.445 e. The van der Waals surface area contributed by atoms with Gasteiger partial charge >= 0.3 is 6.09 Å². The summed E-state index contributed by atoms with van der Waals surface area (Å²) in [6.45, 7) is 7.37. The molecule has 0 aliphatic carbocycles. The molecule has 236 valence electrons. The number of alkyl halides is 1. The number of benzene rings is 1. The summed E-state index contributed by atoms with van der Waals surface area (Å²) in [4.78, 5) is 60.5. The maximum absolute atomic E-state index is 12.9. The molecule has 14 nitrogen and oxygen atoms in total. The third-order valence-electron chi connectivity index (χ3n) is 5.56. The highest BCUT2D eigenvalue weighted by Crippen LogP contribution is 2.11. The van der Waals surface area contributed by atoms with E-state index in [1.54, 1.807) is 45.0 Å². The molecule has 15 heteroatoms. The van der Waals surface area contributed by atoms with Gasteiger partial charge in [-0.05, 0) is 30.5 Å². The quantitative estimate of drug-likeness (QED) is 0.0633. The summed E-state index contributed by atoms with van der Waals surface area (Å²) in [6.07, 6.45) is -0.517. The molecular weight excluding hydrogens is 663 g/mol. The van der Waals surface area contributed by atoms with Crippen LogP contribution in [0, 0.1) is 5.92 Å². The molecule has 1 aromatic rings. The lowest BCUT2D eigenvalue weighted by Gasteiger charge is -2.24. The van der Waals surface area contributed by atoms with Crippen LogP contribution in [0.15, 0.2) is 24.3 Å². The molecular formula is C27H43IN6O8. The first kappa shape index (κ1) is 37.0. The molecule has 0 fully saturated rings. The topological polar surface area (TPSA) is 199 Å². The molecule has 2 atom stereocenters. The summed E-state index contributed by atoms with van der Waals surface area (Å²) in [6, 6.07) is 5.00. The molecule has 0 bridgehead atoms. The largest absolute Gasteiger partial charge is 0.445 e. The van der Waals surface area contributed by atoms with E-state index in [1.807, 2.05) is 22.6 Å². The monoisotopic (exact) mass is 706 g/mol. The molecule has 0 aliphatic heterocycles. The molecule has 7 N–H and O–H groups in total. The third kappa shape index (κ3) is 16.4. The number of amides is 5. The van der Waals surface area contributed by atoms with Crippen LogP contribution in [0.3, 0.4) is 0 Å². The smallest absolute Gasteiger partial charge is 0.407 e. The highest BCUT2D eigenvalue weighted by molar-refractivity contribution is 14.1. The van der Waals surface area contributed by atoms with Crippen molar-refractivity contribution in [2.45, 2.75) is 45.9 Å². The van der Waals surface area contributed by atoms with E-state index >= 15 is 0 Å². The van der Waals surface area contributed by atoms with E-state index < -0.39 is 30.0 Å². The highest BCUT2D eigenvalue weighted by atomic mass is 127. The van der Waals surface area contributed by atoms with Gasteiger partial charge < -0.3 is 46.5 Å². The van der Waals surface area contributed by atoms with Gasteiger partial charge in [-0.2, -0.15) is 0 Å². The first-order valence-electron chi connectivity index (χ1n) is 13.7. The van der Waals surface area contributed by atoms with Gasteiger partial charge in [0.2, 0.25) is 23.6 Å². The summed E-state index contributed by atoms with van der Waals surface area (Å²) < 4.78 is 16.2. The molecule has 42 heavy (non-hydrogen) atoms. The average molecular weight is 707 g/mol. The average Bonchev–Trinajstić information content (AvgIpc) is 2.96. The van der Waals surface area contributed by atoms with E-state index in [-0.39, 0.29) is 44.0 Å². The number of hydrogen-bond donors (Lipinski definition) is 6.